The average Bonchev–Trinajstić information content (AvgIpc) is 3.01. The number of carbonyl (C=O) groups is 1. The minimum absolute atomic E-state index is 0.172. The molecule has 0 aromatic carbocycles. The van der Waals surface area contributed by atoms with Gasteiger partial charge in [0.15, 0.2) is 0 Å². The molecule has 2 aromatic heterocycles. The van der Waals surface area contributed by atoms with E-state index in [-0.39, 0.29) is 5.91 Å². The fourth-order valence-corrected chi connectivity index (χ4v) is 4.28. The number of anilines is 1. The number of rotatable bonds is 5. The van der Waals surface area contributed by atoms with Gasteiger partial charge in [0.1, 0.15) is 5.82 Å². The first-order valence-corrected chi connectivity index (χ1v) is 9.59. The van der Waals surface area contributed by atoms with Crippen LogP contribution in [0.25, 0.3) is 0 Å². The zero-order valence-electron chi connectivity index (χ0n) is 13.7. The van der Waals surface area contributed by atoms with Crippen LogP contribution in [-0.2, 0) is 11.3 Å². The summed E-state index contributed by atoms with van der Waals surface area (Å²) in [4.78, 5) is 24.3. The molecule has 3 rings (SSSR count). The molecule has 1 aliphatic heterocycles. The predicted molar refractivity (Wildman–Crippen MR) is 101 cm³/mol. The molecular weight excluding hydrogens is 388 g/mol. The van der Waals surface area contributed by atoms with Crippen LogP contribution < -0.4 is 4.90 Å². The van der Waals surface area contributed by atoms with Crippen molar-refractivity contribution in [3.63, 3.8) is 0 Å². The second-order valence-corrected chi connectivity index (χ2v) is 8.45. The van der Waals surface area contributed by atoms with Crippen LogP contribution in [0.3, 0.4) is 0 Å². The van der Waals surface area contributed by atoms with Crippen molar-refractivity contribution in [1.29, 1.82) is 0 Å². The van der Waals surface area contributed by atoms with Crippen molar-refractivity contribution in [1.82, 2.24) is 14.8 Å². The molecule has 1 amide bonds. The molecule has 0 N–H and O–H groups in total. The molecule has 3 heterocycles. The zero-order valence-corrected chi connectivity index (χ0v) is 16.1. The number of aromatic nitrogens is 1. The second-order valence-electron chi connectivity index (χ2n) is 5.91. The SMILES string of the molecule is CN(Cc1ccc(Br)s1)C(=O)CN1CCN(c2ccccn2)CC1. The van der Waals surface area contributed by atoms with Crippen molar-refractivity contribution in [2.24, 2.45) is 0 Å². The van der Waals surface area contributed by atoms with E-state index in [9.17, 15) is 4.79 Å². The lowest BCUT2D eigenvalue weighted by molar-refractivity contribution is -0.131. The summed E-state index contributed by atoms with van der Waals surface area (Å²) in [6.07, 6.45) is 1.82. The van der Waals surface area contributed by atoms with Gasteiger partial charge in [0.05, 0.1) is 16.9 Å². The van der Waals surface area contributed by atoms with Crippen molar-refractivity contribution in [3.05, 3.63) is 45.2 Å². The Bertz CT molecular complexity index is 670. The third kappa shape index (κ3) is 4.55. The van der Waals surface area contributed by atoms with E-state index in [1.54, 1.807) is 11.3 Å². The summed E-state index contributed by atoms with van der Waals surface area (Å²) in [5.41, 5.74) is 0. The number of amides is 1. The van der Waals surface area contributed by atoms with E-state index < -0.39 is 0 Å². The fourth-order valence-electron chi connectivity index (χ4n) is 2.75. The first-order valence-electron chi connectivity index (χ1n) is 7.98. The van der Waals surface area contributed by atoms with Crippen LogP contribution in [0.15, 0.2) is 40.3 Å². The molecule has 0 radical (unpaired) electrons. The van der Waals surface area contributed by atoms with Gasteiger partial charge in [0.2, 0.25) is 5.91 Å². The van der Waals surface area contributed by atoms with E-state index in [0.717, 1.165) is 35.8 Å². The number of likely N-dealkylation sites (N-methyl/N-ethyl adjacent to an activating group) is 1. The largest absolute Gasteiger partial charge is 0.354 e. The van der Waals surface area contributed by atoms with Gasteiger partial charge in [-0.1, -0.05) is 6.07 Å². The Morgan fingerprint density at radius 2 is 2.04 bits per heavy atom. The van der Waals surface area contributed by atoms with E-state index in [1.807, 2.05) is 42.4 Å². The number of nitrogens with zero attached hydrogens (tertiary/aromatic N) is 4. The van der Waals surface area contributed by atoms with Crippen molar-refractivity contribution in [2.45, 2.75) is 6.54 Å². The van der Waals surface area contributed by atoms with Crippen molar-refractivity contribution in [3.8, 4) is 0 Å². The van der Waals surface area contributed by atoms with Crippen LogP contribution in [0.5, 0.6) is 0 Å². The molecule has 128 valence electrons. The summed E-state index contributed by atoms with van der Waals surface area (Å²) in [6, 6.07) is 10.1. The lowest BCUT2D eigenvalue weighted by Gasteiger charge is -2.35. The summed E-state index contributed by atoms with van der Waals surface area (Å²) in [6.45, 7) is 4.75. The van der Waals surface area contributed by atoms with Crippen molar-refractivity contribution < 1.29 is 4.79 Å². The summed E-state index contributed by atoms with van der Waals surface area (Å²) in [5.74, 6) is 1.19. The molecular formula is C17H21BrN4OS. The van der Waals surface area contributed by atoms with E-state index in [4.69, 9.17) is 0 Å². The van der Waals surface area contributed by atoms with E-state index in [0.29, 0.717) is 13.1 Å². The molecule has 24 heavy (non-hydrogen) atoms. The maximum atomic E-state index is 12.4. The molecule has 1 saturated heterocycles. The lowest BCUT2D eigenvalue weighted by atomic mass is 10.3. The van der Waals surface area contributed by atoms with E-state index in [2.05, 4.69) is 36.8 Å². The number of pyridine rings is 1. The highest BCUT2D eigenvalue weighted by atomic mass is 79.9. The Hall–Kier alpha value is -1.44. The Morgan fingerprint density at radius 3 is 2.67 bits per heavy atom. The zero-order chi connectivity index (χ0) is 16.9. The minimum atomic E-state index is 0.172. The molecule has 0 unspecified atom stereocenters. The number of halogens is 1. The number of thiophene rings is 1. The van der Waals surface area contributed by atoms with Gasteiger partial charge in [-0.3, -0.25) is 9.69 Å². The summed E-state index contributed by atoms with van der Waals surface area (Å²) < 4.78 is 1.10. The predicted octanol–water partition coefficient (Wildman–Crippen LogP) is 2.69. The van der Waals surface area contributed by atoms with Crippen molar-refractivity contribution >= 4 is 39.0 Å². The van der Waals surface area contributed by atoms with Crippen LogP contribution >= 0.6 is 27.3 Å². The maximum Gasteiger partial charge on any atom is 0.236 e. The van der Waals surface area contributed by atoms with Gasteiger partial charge in [-0.15, -0.1) is 11.3 Å². The molecule has 0 atom stereocenters. The van der Waals surface area contributed by atoms with Gasteiger partial charge < -0.3 is 9.80 Å². The van der Waals surface area contributed by atoms with Gasteiger partial charge in [-0.05, 0) is 40.2 Å². The van der Waals surface area contributed by atoms with E-state index >= 15 is 0 Å². The van der Waals surface area contributed by atoms with Crippen molar-refractivity contribution in [2.75, 3.05) is 44.7 Å². The fraction of sp³-hybridized carbons (Fsp3) is 0.412. The van der Waals surface area contributed by atoms with Gasteiger partial charge in [0, 0.05) is 44.3 Å². The van der Waals surface area contributed by atoms with Gasteiger partial charge in [0.25, 0.3) is 0 Å². The third-order valence-electron chi connectivity index (χ3n) is 4.15. The first-order chi connectivity index (χ1) is 11.6. The molecule has 0 spiro atoms. The summed E-state index contributed by atoms with van der Waals surface area (Å²) >= 11 is 5.13. The number of hydrogen-bond donors (Lipinski definition) is 0. The van der Waals surface area contributed by atoms with Crippen LogP contribution in [0.1, 0.15) is 4.88 Å². The quantitative estimate of drug-likeness (QED) is 0.762. The van der Waals surface area contributed by atoms with Crippen LogP contribution in [0.2, 0.25) is 0 Å². The Labute approximate surface area is 155 Å². The number of carbonyl (C=O) groups excluding carboxylic acids is 1. The lowest BCUT2D eigenvalue weighted by Crippen LogP contribution is -2.49. The second kappa shape index (κ2) is 8.09. The first kappa shape index (κ1) is 17.4. The molecule has 0 bridgehead atoms. The van der Waals surface area contributed by atoms with Crippen LogP contribution in [-0.4, -0.2) is 60.5 Å². The third-order valence-corrected chi connectivity index (χ3v) is 5.76. The maximum absolute atomic E-state index is 12.4. The number of piperazine rings is 1. The Balaban J connectivity index is 1.46. The highest BCUT2D eigenvalue weighted by molar-refractivity contribution is 9.11. The van der Waals surface area contributed by atoms with Crippen LogP contribution in [0, 0.1) is 0 Å². The number of hydrogen-bond acceptors (Lipinski definition) is 5. The topological polar surface area (TPSA) is 39.7 Å². The molecule has 5 nitrogen and oxygen atoms in total. The van der Waals surface area contributed by atoms with Gasteiger partial charge in [-0.2, -0.15) is 0 Å². The summed E-state index contributed by atoms with van der Waals surface area (Å²) in [5, 5.41) is 0. The highest BCUT2D eigenvalue weighted by Gasteiger charge is 2.21. The van der Waals surface area contributed by atoms with Gasteiger partial charge in [-0.25, -0.2) is 4.98 Å². The molecule has 1 fully saturated rings. The normalized spacial score (nSPS) is 15.5. The molecule has 0 saturated carbocycles. The van der Waals surface area contributed by atoms with Crippen LogP contribution in [0.4, 0.5) is 5.82 Å². The minimum Gasteiger partial charge on any atom is -0.354 e. The Morgan fingerprint density at radius 1 is 1.25 bits per heavy atom. The molecule has 7 heteroatoms. The standard InChI is InChI=1S/C17H21BrN4OS/c1-20(12-14-5-6-15(18)24-14)17(23)13-21-8-10-22(11-9-21)16-4-2-3-7-19-16/h2-7H,8-13H2,1H3. The monoisotopic (exact) mass is 408 g/mol. The molecule has 2 aromatic rings. The smallest absolute Gasteiger partial charge is 0.236 e. The molecule has 0 aliphatic carbocycles. The van der Waals surface area contributed by atoms with E-state index in [1.165, 1.54) is 4.88 Å². The molecule has 1 aliphatic rings. The highest BCUT2D eigenvalue weighted by Crippen LogP contribution is 2.23. The summed E-state index contributed by atoms with van der Waals surface area (Å²) in [7, 11) is 1.88. The van der Waals surface area contributed by atoms with Gasteiger partial charge >= 0.3 is 0 Å². The Kier molecular flexibility index (Phi) is 5.86. The average molecular weight is 409 g/mol.